The van der Waals surface area contributed by atoms with Gasteiger partial charge in [-0.25, -0.2) is 4.99 Å². The summed E-state index contributed by atoms with van der Waals surface area (Å²) in [6.07, 6.45) is 1.68. The van der Waals surface area contributed by atoms with E-state index >= 15 is 0 Å². The minimum absolute atomic E-state index is 0.247. The van der Waals surface area contributed by atoms with Gasteiger partial charge in [0.05, 0.1) is 20.6 Å². The normalized spacial score (nSPS) is 16.8. The number of aliphatic imine (C=N–C) groups is 1. The molecule has 1 fully saturated rings. The van der Waals surface area contributed by atoms with Crippen molar-refractivity contribution in [1.82, 2.24) is 5.32 Å². The van der Waals surface area contributed by atoms with E-state index in [1.807, 2.05) is 36.4 Å². The molecule has 8 heteroatoms. The molecule has 0 aliphatic carbocycles. The molecule has 0 radical (unpaired) electrons. The van der Waals surface area contributed by atoms with Crippen LogP contribution < -0.4 is 5.32 Å². The van der Waals surface area contributed by atoms with E-state index in [-0.39, 0.29) is 5.91 Å². The van der Waals surface area contributed by atoms with Crippen LogP contribution in [0, 0.1) is 0 Å². The standard InChI is InChI=1S/C20H11BrCl2N2O2S/c21-12-6-4-11(5-7-12)16-9-8-13(27-16)10-17-19(26)25-20(28-17)24-15-3-1-2-14(22)18(15)23/h1-10H,(H,24,25,26)/b17-10+. The van der Waals surface area contributed by atoms with Crippen LogP contribution in [0.15, 0.2) is 73.4 Å². The molecule has 3 aromatic rings. The van der Waals surface area contributed by atoms with Gasteiger partial charge in [-0.15, -0.1) is 0 Å². The Morgan fingerprint density at radius 1 is 1.07 bits per heavy atom. The molecular formula is C20H11BrCl2N2O2S. The Kier molecular flexibility index (Phi) is 5.64. The average Bonchev–Trinajstić information content (AvgIpc) is 3.27. The largest absolute Gasteiger partial charge is 0.457 e. The van der Waals surface area contributed by atoms with Crippen LogP contribution in [0.3, 0.4) is 0 Å². The fraction of sp³-hybridized carbons (Fsp3) is 0. The van der Waals surface area contributed by atoms with Crippen molar-refractivity contribution in [3.8, 4) is 11.3 Å². The van der Waals surface area contributed by atoms with Gasteiger partial charge in [-0.05, 0) is 48.2 Å². The Balaban J connectivity index is 1.56. The second kappa shape index (κ2) is 8.17. The summed E-state index contributed by atoms with van der Waals surface area (Å²) in [5, 5.41) is 3.90. The molecule has 2 heterocycles. The van der Waals surface area contributed by atoms with Gasteiger partial charge >= 0.3 is 0 Å². The molecule has 0 bridgehead atoms. The molecule has 2 aromatic carbocycles. The van der Waals surface area contributed by atoms with Crippen molar-refractivity contribution in [2.24, 2.45) is 4.99 Å². The maximum atomic E-state index is 12.3. The zero-order valence-corrected chi connectivity index (χ0v) is 18.0. The maximum Gasteiger partial charge on any atom is 0.264 e. The third-order valence-electron chi connectivity index (χ3n) is 3.83. The number of nitrogens with one attached hydrogen (secondary N) is 1. The third kappa shape index (κ3) is 4.20. The molecular weight excluding hydrogens is 483 g/mol. The number of rotatable bonds is 3. The van der Waals surface area contributed by atoms with Gasteiger partial charge in [0.2, 0.25) is 0 Å². The van der Waals surface area contributed by atoms with Crippen LogP contribution in [-0.4, -0.2) is 11.1 Å². The van der Waals surface area contributed by atoms with E-state index in [1.54, 1.807) is 24.3 Å². The zero-order chi connectivity index (χ0) is 19.7. The Bertz CT molecular complexity index is 1120. The number of carbonyl (C=O) groups is 1. The van der Waals surface area contributed by atoms with Crippen LogP contribution in [0.4, 0.5) is 5.69 Å². The minimum atomic E-state index is -0.247. The van der Waals surface area contributed by atoms with E-state index < -0.39 is 0 Å². The van der Waals surface area contributed by atoms with Crippen LogP contribution in [-0.2, 0) is 4.79 Å². The first-order chi connectivity index (χ1) is 13.5. The highest BCUT2D eigenvalue weighted by molar-refractivity contribution is 9.10. The van der Waals surface area contributed by atoms with Gasteiger partial charge in [-0.2, -0.15) is 0 Å². The minimum Gasteiger partial charge on any atom is -0.457 e. The molecule has 1 aliphatic rings. The summed E-state index contributed by atoms with van der Waals surface area (Å²) in [5.41, 5.74) is 1.45. The van der Waals surface area contributed by atoms with Crippen molar-refractivity contribution in [2.75, 3.05) is 0 Å². The smallest absolute Gasteiger partial charge is 0.264 e. The summed E-state index contributed by atoms with van der Waals surface area (Å²) in [7, 11) is 0. The molecule has 28 heavy (non-hydrogen) atoms. The summed E-state index contributed by atoms with van der Waals surface area (Å²) < 4.78 is 6.84. The fourth-order valence-electron chi connectivity index (χ4n) is 2.50. The molecule has 1 amide bonds. The summed E-state index contributed by atoms with van der Waals surface area (Å²) in [5.74, 6) is 1.06. The first kappa shape index (κ1) is 19.3. The molecule has 0 saturated carbocycles. The lowest BCUT2D eigenvalue weighted by molar-refractivity contribution is -0.115. The maximum absolute atomic E-state index is 12.3. The number of hydrogen-bond donors (Lipinski definition) is 1. The van der Waals surface area contributed by atoms with Gasteiger partial charge in [-0.1, -0.05) is 57.3 Å². The van der Waals surface area contributed by atoms with Gasteiger partial charge < -0.3 is 9.73 Å². The SMILES string of the molecule is O=C1NC(=Nc2cccc(Cl)c2Cl)S/C1=C/c1ccc(-c2ccc(Br)cc2)o1. The summed E-state index contributed by atoms with van der Waals surface area (Å²) in [6.45, 7) is 0. The van der Waals surface area contributed by atoms with E-state index in [0.29, 0.717) is 31.6 Å². The van der Waals surface area contributed by atoms with Crippen molar-refractivity contribution >= 4 is 73.7 Å². The number of benzene rings is 2. The molecule has 0 spiro atoms. The summed E-state index contributed by atoms with van der Waals surface area (Å²) in [4.78, 5) is 17.1. The van der Waals surface area contributed by atoms with Gasteiger partial charge in [0.25, 0.3) is 5.91 Å². The molecule has 1 aromatic heterocycles. The Morgan fingerprint density at radius 3 is 2.64 bits per heavy atom. The first-order valence-electron chi connectivity index (χ1n) is 8.09. The summed E-state index contributed by atoms with van der Waals surface area (Å²) in [6, 6.07) is 16.6. The van der Waals surface area contributed by atoms with Crippen molar-refractivity contribution < 1.29 is 9.21 Å². The first-order valence-corrected chi connectivity index (χ1v) is 10.5. The van der Waals surface area contributed by atoms with Crippen LogP contribution in [0.2, 0.25) is 10.0 Å². The number of amides is 1. The predicted octanol–water partition coefficient (Wildman–Crippen LogP) is 6.91. The molecule has 4 rings (SSSR count). The number of hydrogen-bond acceptors (Lipinski definition) is 4. The second-order valence-corrected chi connectivity index (χ2v) is 8.50. The lowest BCUT2D eigenvalue weighted by atomic mass is 10.2. The number of thioether (sulfide) groups is 1. The number of furan rings is 1. The van der Waals surface area contributed by atoms with E-state index in [9.17, 15) is 4.79 Å². The number of amidine groups is 1. The highest BCUT2D eigenvalue weighted by Crippen LogP contribution is 2.35. The molecule has 1 aliphatic heterocycles. The molecule has 0 unspecified atom stereocenters. The number of carbonyl (C=O) groups excluding carboxylic acids is 1. The molecule has 1 saturated heterocycles. The monoisotopic (exact) mass is 492 g/mol. The highest BCUT2D eigenvalue weighted by atomic mass is 79.9. The van der Waals surface area contributed by atoms with Gasteiger partial charge in [-0.3, -0.25) is 4.79 Å². The quantitative estimate of drug-likeness (QED) is 0.403. The van der Waals surface area contributed by atoms with Crippen molar-refractivity contribution in [3.05, 3.63) is 79.8 Å². The van der Waals surface area contributed by atoms with E-state index in [0.717, 1.165) is 15.8 Å². The van der Waals surface area contributed by atoms with E-state index in [2.05, 4.69) is 26.2 Å². The van der Waals surface area contributed by atoms with Crippen LogP contribution in [0.1, 0.15) is 5.76 Å². The van der Waals surface area contributed by atoms with Crippen LogP contribution >= 0.6 is 50.9 Å². The van der Waals surface area contributed by atoms with Crippen molar-refractivity contribution in [3.63, 3.8) is 0 Å². The lowest BCUT2D eigenvalue weighted by Crippen LogP contribution is -2.19. The predicted molar refractivity (Wildman–Crippen MR) is 119 cm³/mol. The summed E-state index contributed by atoms with van der Waals surface area (Å²) >= 11 is 16.8. The highest BCUT2D eigenvalue weighted by Gasteiger charge is 2.24. The van der Waals surface area contributed by atoms with Gasteiger partial charge in [0, 0.05) is 16.1 Å². The van der Waals surface area contributed by atoms with E-state index in [4.69, 9.17) is 27.6 Å². The lowest BCUT2D eigenvalue weighted by Gasteiger charge is -2.00. The van der Waals surface area contributed by atoms with Gasteiger partial charge in [0.1, 0.15) is 11.5 Å². The molecule has 0 atom stereocenters. The Labute approximate surface area is 183 Å². The Morgan fingerprint density at radius 2 is 1.86 bits per heavy atom. The average molecular weight is 494 g/mol. The van der Waals surface area contributed by atoms with Gasteiger partial charge in [0.15, 0.2) is 5.17 Å². The molecule has 140 valence electrons. The third-order valence-corrected chi connectivity index (χ3v) is 6.08. The number of nitrogens with zero attached hydrogens (tertiary/aromatic N) is 1. The number of halogens is 3. The van der Waals surface area contributed by atoms with Crippen LogP contribution in [0.25, 0.3) is 17.4 Å². The second-order valence-electron chi connectivity index (χ2n) is 5.76. The van der Waals surface area contributed by atoms with Crippen molar-refractivity contribution in [1.29, 1.82) is 0 Å². The molecule has 1 N–H and O–H groups in total. The van der Waals surface area contributed by atoms with Crippen molar-refractivity contribution in [2.45, 2.75) is 0 Å². The zero-order valence-electron chi connectivity index (χ0n) is 14.1. The van der Waals surface area contributed by atoms with E-state index in [1.165, 1.54) is 11.8 Å². The topological polar surface area (TPSA) is 54.6 Å². The fourth-order valence-corrected chi connectivity index (χ4v) is 3.91. The Hall–Kier alpha value is -1.99. The van der Waals surface area contributed by atoms with Crippen LogP contribution in [0.5, 0.6) is 0 Å². The molecule has 4 nitrogen and oxygen atoms in total.